The number of amides is 5. The van der Waals surface area contributed by atoms with Gasteiger partial charge in [-0.25, -0.2) is 4.79 Å². The molecule has 2 aromatic carbocycles. The van der Waals surface area contributed by atoms with E-state index in [1.807, 2.05) is 36.6 Å². The number of phenolic OH excluding ortho intramolecular Hbond substituents is 1. The van der Waals surface area contributed by atoms with Gasteiger partial charge >= 0.3 is 12.1 Å². The van der Waals surface area contributed by atoms with Crippen LogP contribution in [-0.2, 0) is 46.3 Å². The summed E-state index contributed by atoms with van der Waals surface area (Å²) >= 11 is 1.48. The Hall–Kier alpha value is -4.79. The molecule has 0 aliphatic heterocycles. The zero-order valence-corrected chi connectivity index (χ0v) is 36.2. The van der Waals surface area contributed by atoms with Crippen LogP contribution in [-0.4, -0.2) is 120 Å². The fraction of sp³-hybridized carbons (Fsp3) is 0.591. The van der Waals surface area contributed by atoms with Gasteiger partial charge in [0.05, 0.1) is 19.1 Å². The highest BCUT2D eigenvalue weighted by atomic mass is 32.2. The van der Waals surface area contributed by atoms with Crippen LogP contribution in [0.15, 0.2) is 54.6 Å². The molecule has 0 spiro atoms. The molecule has 14 nitrogen and oxygen atoms in total. The van der Waals surface area contributed by atoms with Crippen molar-refractivity contribution in [1.29, 1.82) is 0 Å². The lowest BCUT2D eigenvalue weighted by Gasteiger charge is -2.61. The van der Waals surface area contributed by atoms with Crippen LogP contribution in [0.5, 0.6) is 5.75 Å². The molecule has 5 amide bonds. The molecule has 4 N–H and O–H groups in total. The average molecular weight is 836 g/mol. The fourth-order valence-electron chi connectivity index (χ4n) is 9.53. The number of nitrogens with zero attached hydrogens (tertiary/aromatic N) is 2. The van der Waals surface area contributed by atoms with Gasteiger partial charge in [0.25, 0.3) is 0 Å². The van der Waals surface area contributed by atoms with E-state index in [9.17, 15) is 33.9 Å². The molecule has 0 radical (unpaired) electrons. The maximum atomic E-state index is 14.4. The predicted molar refractivity (Wildman–Crippen MR) is 224 cm³/mol. The van der Waals surface area contributed by atoms with Crippen molar-refractivity contribution in [3.05, 3.63) is 65.7 Å². The molecule has 15 heteroatoms. The Morgan fingerprint density at radius 1 is 0.847 bits per heavy atom. The normalized spacial score (nSPS) is 23.2. The van der Waals surface area contributed by atoms with Crippen molar-refractivity contribution in [2.24, 2.45) is 17.3 Å². The third-order valence-electron chi connectivity index (χ3n) is 12.0. The van der Waals surface area contributed by atoms with Crippen LogP contribution in [0.25, 0.3) is 0 Å². The second-order valence-corrected chi connectivity index (χ2v) is 18.7. The SMILES string of the molecule is COC(=O)C12CC3CC(CC(NC(=O)[C@H](Cc4ccccc4)N(C)C(=O)CNC(=O)[C@@H](CCSC)NC(=O)[C@H](Cc4ccc(O)cc4)N(C)C(=O)OC(C)(C)C)(C3)C1)C2. The average Bonchev–Trinajstić information content (AvgIpc) is 3.18. The summed E-state index contributed by atoms with van der Waals surface area (Å²) in [4.78, 5) is 84.9. The van der Waals surface area contributed by atoms with E-state index in [0.29, 0.717) is 29.6 Å². The monoisotopic (exact) mass is 835 g/mol. The second kappa shape index (κ2) is 19.1. The first-order chi connectivity index (χ1) is 27.9. The number of likely N-dealkylation sites (N-methyl/N-ethyl adjacent to an activating group) is 2. The summed E-state index contributed by atoms with van der Waals surface area (Å²) < 4.78 is 10.8. The summed E-state index contributed by atoms with van der Waals surface area (Å²) in [5, 5.41) is 18.7. The summed E-state index contributed by atoms with van der Waals surface area (Å²) in [7, 11) is 4.42. The Kier molecular flexibility index (Phi) is 14.6. The van der Waals surface area contributed by atoms with Gasteiger partial charge in [-0.15, -0.1) is 0 Å². The molecule has 0 heterocycles. The van der Waals surface area contributed by atoms with Gasteiger partial charge in [0.1, 0.15) is 29.5 Å². The van der Waals surface area contributed by atoms with Crippen molar-refractivity contribution in [1.82, 2.24) is 25.8 Å². The van der Waals surface area contributed by atoms with E-state index in [0.717, 1.165) is 37.7 Å². The van der Waals surface area contributed by atoms with Crippen LogP contribution in [0.3, 0.4) is 0 Å². The Balaban J connectivity index is 1.29. The number of carbonyl (C=O) groups is 6. The van der Waals surface area contributed by atoms with Crippen molar-refractivity contribution in [3.63, 3.8) is 0 Å². The number of aromatic hydroxyl groups is 1. The van der Waals surface area contributed by atoms with Crippen LogP contribution in [0.4, 0.5) is 4.79 Å². The van der Waals surface area contributed by atoms with Gasteiger partial charge in [-0.3, -0.25) is 28.9 Å². The van der Waals surface area contributed by atoms with Crippen molar-refractivity contribution in [2.45, 2.75) is 108 Å². The van der Waals surface area contributed by atoms with Crippen molar-refractivity contribution >= 4 is 47.5 Å². The van der Waals surface area contributed by atoms with E-state index in [-0.39, 0.29) is 36.9 Å². The zero-order chi connectivity index (χ0) is 43.1. The minimum absolute atomic E-state index is 0.0485. The Labute approximate surface area is 351 Å². The molecule has 322 valence electrons. The smallest absolute Gasteiger partial charge is 0.410 e. The molecule has 0 saturated heterocycles. The van der Waals surface area contributed by atoms with Gasteiger partial charge in [-0.2, -0.15) is 11.8 Å². The van der Waals surface area contributed by atoms with Crippen LogP contribution in [0.2, 0.25) is 0 Å². The highest BCUT2D eigenvalue weighted by molar-refractivity contribution is 7.98. The molecule has 4 saturated carbocycles. The third-order valence-corrected chi connectivity index (χ3v) is 12.6. The predicted octanol–water partition coefficient (Wildman–Crippen LogP) is 4.22. The fourth-order valence-corrected chi connectivity index (χ4v) is 10.0. The van der Waals surface area contributed by atoms with Crippen molar-refractivity contribution < 1.29 is 43.3 Å². The Morgan fingerprint density at radius 2 is 1.44 bits per heavy atom. The van der Waals surface area contributed by atoms with E-state index in [4.69, 9.17) is 9.47 Å². The Bertz CT molecular complexity index is 1820. The number of ether oxygens (including phenoxy) is 2. The zero-order valence-electron chi connectivity index (χ0n) is 35.4. The molecule has 4 aliphatic carbocycles. The topological polar surface area (TPSA) is 184 Å². The molecule has 59 heavy (non-hydrogen) atoms. The molecule has 2 unspecified atom stereocenters. The minimum Gasteiger partial charge on any atom is -0.508 e. The van der Waals surface area contributed by atoms with Crippen LogP contribution < -0.4 is 16.0 Å². The Morgan fingerprint density at radius 3 is 2.02 bits per heavy atom. The van der Waals surface area contributed by atoms with Gasteiger partial charge in [0.15, 0.2) is 0 Å². The van der Waals surface area contributed by atoms with Gasteiger partial charge in [0.2, 0.25) is 23.6 Å². The van der Waals surface area contributed by atoms with Gasteiger partial charge < -0.3 is 35.4 Å². The summed E-state index contributed by atoms with van der Waals surface area (Å²) in [5.74, 6) is -1.07. The molecule has 4 bridgehead atoms. The number of thioether (sulfide) groups is 1. The maximum absolute atomic E-state index is 14.4. The lowest BCUT2D eigenvalue weighted by Crippen LogP contribution is -2.67. The molecule has 0 aromatic heterocycles. The van der Waals surface area contributed by atoms with E-state index < -0.39 is 65.0 Å². The quantitative estimate of drug-likeness (QED) is 0.168. The van der Waals surface area contributed by atoms with E-state index in [2.05, 4.69) is 16.0 Å². The first kappa shape index (κ1) is 45.3. The molecule has 2 aromatic rings. The second-order valence-electron chi connectivity index (χ2n) is 17.8. The molecule has 4 fully saturated rings. The minimum atomic E-state index is -1.08. The number of hydrogen-bond acceptors (Lipinski definition) is 10. The van der Waals surface area contributed by atoms with Crippen LogP contribution in [0, 0.1) is 17.3 Å². The lowest BCUT2D eigenvalue weighted by molar-refractivity contribution is -0.173. The van der Waals surface area contributed by atoms with Gasteiger partial charge in [-0.1, -0.05) is 42.5 Å². The standard InChI is InChI=1S/C44H61N5O9S/c1-42(2,3)58-41(56)49(5)34(21-29-13-15-32(50)16-14-29)38(53)46-33(17-18-59-7)37(52)45-26-36(51)48(4)35(20-28-11-9-8-10-12-28)39(54)47-44-24-30-19-31(25-44)23-43(22-30,27-44)40(55)57-6/h8-16,30-31,33-35,50H,17-27H2,1-7H3,(H,45,52)(H,46,53)(H,47,54)/t30?,31?,33-,34+,35+,43?,44?/m1/s1. The first-order valence-corrected chi connectivity index (χ1v) is 21.8. The molecule has 4 aliphatic rings. The van der Waals surface area contributed by atoms with Gasteiger partial charge in [0, 0.05) is 32.5 Å². The largest absolute Gasteiger partial charge is 0.508 e. The van der Waals surface area contributed by atoms with Crippen molar-refractivity contribution in [3.8, 4) is 5.75 Å². The number of methoxy groups -OCH3 is 1. The number of rotatable bonds is 17. The maximum Gasteiger partial charge on any atom is 0.410 e. The first-order valence-electron chi connectivity index (χ1n) is 20.4. The molecular weight excluding hydrogens is 775 g/mol. The number of benzene rings is 2. The summed E-state index contributed by atoms with van der Waals surface area (Å²) in [6, 6.07) is 12.6. The molecule has 5 atom stereocenters. The van der Waals surface area contributed by atoms with Crippen LogP contribution in [0.1, 0.15) is 76.8 Å². The summed E-state index contributed by atoms with van der Waals surface area (Å²) in [6.45, 7) is 4.72. The number of esters is 1. The van der Waals surface area contributed by atoms with Crippen molar-refractivity contribution in [2.75, 3.05) is 39.8 Å². The lowest BCUT2D eigenvalue weighted by atomic mass is 9.47. The van der Waals surface area contributed by atoms with E-state index in [1.165, 1.54) is 47.9 Å². The number of nitrogens with one attached hydrogen (secondary N) is 3. The van der Waals surface area contributed by atoms with Crippen LogP contribution >= 0.6 is 11.8 Å². The number of carbonyl (C=O) groups excluding carboxylic acids is 6. The summed E-state index contributed by atoms with van der Waals surface area (Å²) in [6.07, 6.45) is 6.27. The number of phenols is 1. The number of hydrogen-bond donors (Lipinski definition) is 4. The summed E-state index contributed by atoms with van der Waals surface area (Å²) in [5.41, 5.74) is -0.508. The molecule has 6 rings (SSSR count). The van der Waals surface area contributed by atoms with Gasteiger partial charge in [-0.05, 0) is 113 Å². The van der Waals surface area contributed by atoms with E-state index in [1.54, 1.807) is 40.0 Å². The van der Waals surface area contributed by atoms with E-state index >= 15 is 0 Å². The molecular formula is C44H61N5O9S. The highest BCUT2D eigenvalue weighted by Gasteiger charge is 2.62. The highest BCUT2D eigenvalue weighted by Crippen LogP contribution is 2.62. The third kappa shape index (κ3) is 11.5.